The highest BCUT2D eigenvalue weighted by Crippen LogP contribution is 2.29. The Morgan fingerprint density at radius 1 is 1.09 bits per heavy atom. The summed E-state index contributed by atoms with van der Waals surface area (Å²) in [5.41, 5.74) is -0.146. The zero-order valence-corrected chi connectivity index (χ0v) is 13.7. The van der Waals surface area contributed by atoms with E-state index in [4.69, 9.17) is 4.74 Å². The Morgan fingerprint density at radius 2 is 1.70 bits per heavy atom. The van der Waals surface area contributed by atoms with Crippen LogP contribution in [0, 0.1) is 0 Å². The van der Waals surface area contributed by atoms with Crippen LogP contribution in [-0.2, 0) is 22.1 Å². The topological polar surface area (TPSA) is 32.8 Å². The van der Waals surface area contributed by atoms with Gasteiger partial charge >= 0.3 is 6.18 Å². The van der Waals surface area contributed by atoms with Crippen LogP contribution in [0.5, 0.6) is 0 Å². The molecule has 0 aliphatic heterocycles. The van der Waals surface area contributed by atoms with Gasteiger partial charge in [-0.15, -0.1) is 0 Å². The number of halogens is 3. The molecule has 0 unspecified atom stereocenters. The molecule has 0 atom stereocenters. The Balaban J connectivity index is 2.69. The average molecular weight is 332 g/mol. The number of likely N-dealkylation sites (N-methyl/N-ethyl adjacent to an activating group) is 1. The van der Waals surface area contributed by atoms with Gasteiger partial charge < -0.3 is 14.5 Å². The number of alkyl halides is 3. The van der Waals surface area contributed by atoms with E-state index >= 15 is 0 Å². The molecule has 0 N–H and O–H groups in total. The van der Waals surface area contributed by atoms with Gasteiger partial charge in [0, 0.05) is 26.7 Å². The molecule has 23 heavy (non-hydrogen) atoms. The quantitative estimate of drug-likeness (QED) is 0.732. The third kappa shape index (κ3) is 7.00. The summed E-state index contributed by atoms with van der Waals surface area (Å²) in [7, 11) is 5.38. The molecule has 4 nitrogen and oxygen atoms in total. The van der Waals surface area contributed by atoms with Crippen molar-refractivity contribution in [2.24, 2.45) is 0 Å². The van der Waals surface area contributed by atoms with Crippen molar-refractivity contribution in [2.45, 2.75) is 12.6 Å². The van der Waals surface area contributed by atoms with Gasteiger partial charge in [-0.25, -0.2) is 0 Å². The van der Waals surface area contributed by atoms with Gasteiger partial charge in [-0.1, -0.05) is 12.1 Å². The van der Waals surface area contributed by atoms with E-state index in [0.717, 1.165) is 12.1 Å². The zero-order chi connectivity index (χ0) is 17.5. The van der Waals surface area contributed by atoms with Crippen molar-refractivity contribution < 1.29 is 22.7 Å². The predicted octanol–water partition coefficient (Wildman–Crippen LogP) is 2.28. The van der Waals surface area contributed by atoms with Gasteiger partial charge in [0.05, 0.1) is 18.6 Å². The van der Waals surface area contributed by atoms with Gasteiger partial charge in [-0.3, -0.25) is 4.79 Å². The smallest absolute Gasteiger partial charge is 0.383 e. The lowest BCUT2D eigenvalue weighted by Crippen LogP contribution is -2.39. The number of nitrogens with zero attached hydrogens (tertiary/aromatic N) is 2. The third-order valence-electron chi connectivity index (χ3n) is 3.37. The van der Waals surface area contributed by atoms with Crippen LogP contribution in [0.4, 0.5) is 13.2 Å². The van der Waals surface area contributed by atoms with Crippen LogP contribution >= 0.6 is 0 Å². The second-order valence-corrected chi connectivity index (χ2v) is 5.55. The molecule has 0 heterocycles. The molecule has 0 saturated carbocycles. The van der Waals surface area contributed by atoms with Crippen LogP contribution in [0.3, 0.4) is 0 Å². The molecular formula is C16H23F3N2O2. The highest BCUT2D eigenvalue weighted by Gasteiger charge is 2.30. The monoisotopic (exact) mass is 332 g/mol. The number of carbonyl (C=O) groups is 1. The first-order valence-corrected chi connectivity index (χ1v) is 7.31. The zero-order valence-electron chi connectivity index (χ0n) is 13.7. The molecule has 0 fully saturated rings. The van der Waals surface area contributed by atoms with E-state index in [2.05, 4.69) is 0 Å². The van der Waals surface area contributed by atoms with Crippen LogP contribution in [0.25, 0.3) is 0 Å². The molecular weight excluding hydrogens is 309 g/mol. The number of benzene rings is 1. The molecule has 7 heteroatoms. The predicted molar refractivity (Wildman–Crippen MR) is 82.2 cm³/mol. The minimum atomic E-state index is -4.36. The largest absolute Gasteiger partial charge is 0.416 e. The van der Waals surface area contributed by atoms with Gasteiger partial charge in [0.25, 0.3) is 0 Å². The van der Waals surface area contributed by atoms with Crippen molar-refractivity contribution in [3.63, 3.8) is 0 Å². The normalized spacial score (nSPS) is 11.8. The van der Waals surface area contributed by atoms with E-state index in [1.807, 2.05) is 19.0 Å². The van der Waals surface area contributed by atoms with E-state index in [1.54, 1.807) is 12.0 Å². The maximum atomic E-state index is 12.5. The summed E-state index contributed by atoms with van der Waals surface area (Å²) < 4.78 is 42.6. The van der Waals surface area contributed by atoms with Crippen LogP contribution in [0.1, 0.15) is 11.1 Å². The molecule has 0 radical (unpaired) electrons. The van der Waals surface area contributed by atoms with Crippen LogP contribution in [0.2, 0.25) is 0 Å². The second kappa shape index (κ2) is 8.88. The van der Waals surface area contributed by atoms with Gasteiger partial charge in [-0.05, 0) is 31.8 Å². The minimum absolute atomic E-state index is 0.0787. The maximum absolute atomic E-state index is 12.5. The van der Waals surface area contributed by atoms with Gasteiger partial charge in [-0.2, -0.15) is 13.2 Å². The summed E-state index contributed by atoms with van der Waals surface area (Å²) in [6.07, 6.45) is -4.28. The molecule has 1 aromatic carbocycles. The summed E-state index contributed by atoms with van der Waals surface area (Å²) in [6.45, 7) is 2.15. The lowest BCUT2D eigenvalue weighted by atomic mass is 10.1. The number of hydrogen-bond acceptors (Lipinski definition) is 3. The van der Waals surface area contributed by atoms with Gasteiger partial charge in [0.15, 0.2) is 0 Å². The Bertz CT molecular complexity index is 487. The number of methoxy groups -OCH3 is 1. The maximum Gasteiger partial charge on any atom is 0.416 e. The summed E-state index contributed by atoms with van der Waals surface area (Å²) in [6, 6.07) is 4.70. The van der Waals surface area contributed by atoms with E-state index in [-0.39, 0.29) is 12.3 Å². The van der Waals surface area contributed by atoms with Crippen molar-refractivity contribution >= 4 is 5.91 Å². The number of ether oxygens (including phenoxy) is 1. The molecule has 0 aromatic heterocycles. The van der Waals surface area contributed by atoms with E-state index in [1.165, 1.54) is 12.1 Å². The Kier molecular flexibility index (Phi) is 7.51. The highest BCUT2D eigenvalue weighted by atomic mass is 19.4. The molecule has 0 aliphatic carbocycles. The summed E-state index contributed by atoms with van der Waals surface area (Å²) in [4.78, 5) is 16.0. The van der Waals surface area contributed by atoms with Gasteiger partial charge in [0.1, 0.15) is 0 Å². The van der Waals surface area contributed by atoms with E-state index < -0.39 is 11.7 Å². The van der Waals surface area contributed by atoms with E-state index in [9.17, 15) is 18.0 Å². The van der Waals surface area contributed by atoms with Crippen molar-refractivity contribution in [2.75, 3.05) is 47.4 Å². The Labute approximate surface area is 134 Å². The van der Waals surface area contributed by atoms with Crippen molar-refractivity contribution in [1.82, 2.24) is 9.80 Å². The molecule has 130 valence electrons. The van der Waals surface area contributed by atoms with Crippen LogP contribution < -0.4 is 0 Å². The lowest BCUT2D eigenvalue weighted by molar-refractivity contribution is -0.137. The molecule has 1 amide bonds. The fourth-order valence-electron chi connectivity index (χ4n) is 1.98. The van der Waals surface area contributed by atoms with Crippen LogP contribution in [0.15, 0.2) is 24.3 Å². The molecule has 0 saturated heterocycles. The molecule has 1 rings (SSSR count). The lowest BCUT2D eigenvalue weighted by Gasteiger charge is -2.24. The number of carbonyl (C=O) groups excluding carboxylic acids is 1. The Hall–Kier alpha value is -1.60. The second-order valence-electron chi connectivity index (χ2n) is 5.55. The standard InChI is InChI=1S/C16H23F3N2O2/c1-20(2)8-9-21(10-11-23-3)15(22)12-13-4-6-14(7-5-13)16(17,18)19/h4-7H,8-12H2,1-3H3. The summed E-state index contributed by atoms with van der Waals surface area (Å²) >= 11 is 0. The van der Waals surface area contributed by atoms with E-state index in [0.29, 0.717) is 31.8 Å². The first kappa shape index (κ1) is 19.4. The van der Waals surface area contributed by atoms with Crippen molar-refractivity contribution in [3.05, 3.63) is 35.4 Å². The SMILES string of the molecule is COCCN(CCN(C)C)C(=O)Cc1ccc(C(F)(F)F)cc1. The fraction of sp³-hybridized carbons (Fsp3) is 0.562. The Morgan fingerprint density at radius 3 is 2.17 bits per heavy atom. The molecule has 0 spiro atoms. The highest BCUT2D eigenvalue weighted by molar-refractivity contribution is 5.78. The molecule has 0 aliphatic rings. The molecule has 0 bridgehead atoms. The molecule has 1 aromatic rings. The minimum Gasteiger partial charge on any atom is -0.383 e. The number of rotatable bonds is 8. The first-order valence-electron chi connectivity index (χ1n) is 7.31. The summed E-state index contributed by atoms with van der Waals surface area (Å²) in [5, 5.41) is 0. The number of hydrogen-bond donors (Lipinski definition) is 0. The average Bonchev–Trinajstić information content (AvgIpc) is 2.46. The number of amides is 1. The van der Waals surface area contributed by atoms with Crippen molar-refractivity contribution in [3.8, 4) is 0 Å². The van der Waals surface area contributed by atoms with Gasteiger partial charge in [0.2, 0.25) is 5.91 Å². The summed E-state index contributed by atoms with van der Waals surface area (Å²) in [5.74, 6) is -0.122. The third-order valence-corrected chi connectivity index (χ3v) is 3.37. The first-order chi connectivity index (χ1) is 10.7. The van der Waals surface area contributed by atoms with Crippen LogP contribution in [-0.4, -0.2) is 63.2 Å². The van der Waals surface area contributed by atoms with Crippen molar-refractivity contribution in [1.29, 1.82) is 0 Å². The fourth-order valence-corrected chi connectivity index (χ4v) is 1.98.